The molecule has 1 saturated heterocycles. The van der Waals surface area contributed by atoms with Crippen LogP contribution in [0.3, 0.4) is 0 Å². The van der Waals surface area contributed by atoms with Crippen molar-refractivity contribution < 1.29 is 19.7 Å². The zero-order valence-corrected chi connectivity index (χ0v) is 13.5. The summed E-state index contributed by atoms with van der Waals surface area (Å²) in [6, 6.07) is 6.78. The van der Waals surface area contributed by atoms with Crippen molar-refractivity contribution in [2.24, 2.45) is 5.92 Å². The predicted octanol–water partition coefficient (Wildman–Crippen LogP) is 3.07. The monoisotopic (exact) mass is 307 g/mol. The first-order valence-corrected chi connectivity index (χ1v) is 7.72. The molecular weight excluding hydrogens is 282 g/mol. The molecule has 1 aromatic rings. The number of hydrogen-bond donors (Lipinski definition) is 2. The standard InChI is InChI=1S/C17H25NO4/c1-17(2,3)22-16(21)18-10-6-7-12(11-18)15(20)13-8-4-5-9-14(13)19/h4-5,8-9,12,15,19-20H,6-7,10-11H2,1-3H3. The van der Waals surface area contributed by atoms with Crippen molar-refractivity contribution in [3.63, 3.8) is 0 Å². The van der Waals surface area contributed by atoms with Gasteiger partial charge in [0, 0.05) is 24.6 Å². The normalized spacial score (nSPS) is 20.5. The smallest absolute Gasteiger partial charge is 0.410 e. The fourth-order valence-electron chi connectivity index (χ4n) is 2.75. The maximum absolute atomic E-state index is 12.2. The summed E-state index contributed by atoms with van der Waals surface area (Å²) in [6.07, 6.45) is 0.497. The molecule has 1 heterocycles. The van der Waals surface area contributed by atoms with Crippen LogP contribution < -0.4 is 0 Å². The topological polar surface area (TPSA) is 70.0 Å². The molecule has 2 atom stereocenters. The Morgan fingerprint density at radius 2 is 2.05 bits per heavy atom. The van der Waals surface area contributed by atoms with Crippen molar-refractivity contribution >= 4 is 6.09 Å². The summed E-state index contributed by atoms with van der Waals surface area (Å²) in [7, 11) is 0. The van der Waals surface area contributed by atoms with E-state index in [1.807, 2.05) is 20.8 Å². The summed E-state index contributed by atoms with van der Waals surface area (Å²) in [5.41, 5.74) is -0.0149. The number of rotatable bonds is 2. The second-order valence-corrected chi connectivity index (χ2v) is 6.83. The maximum atomic E-state index is 12.2. The van der Waals surface area contributed by atoms with Gasteiger partial charge in [-0.2, -0.15) is 0 Å². The lowest BCUT2D eigenvalue weighted by Crippen LogP contribution is -2.44. The van der Waals surface area contributed by atoms with E-state index >= 15 is 0 Å². The lowest BCUT2D eigenvalue weighted by Gasteiger charge is -2.36. The minimum Gasteiger partial charge on any atom is -0.508 e. The third kappa shape index (κ3) is 4.13. The molecule has 2 rings (SSSR count). The van der Waals surface area contributed by atoms with Gasteiger partial charge < -0.3 is 19.8 Å². The Bertz CT molecular complexity index is 524. The number of phenolic OH excluding ortho intramolecular Hbond substituents is 1. The lowest BCUT2D eigenvalue weighted by molar-refractivity contribution is 0.00212. The van der Waals surface area contributed by atoms with Crippen LogP contribution in [0, 0.1) is 5.92 Å². The lowest BCUT2D eigenvalue weighted by atomic mass is 9.88. The number of aromatic hydroxyl groups is 1. The zero-order valence-electron chi connectivity index (χ0n) is 13.5. The molecule has 0 bridgehead atoms. The highest BCUT2D eigenvalue weighted by Gasteiger charge is 2.32. The number of ether oxygens (including phenoxy) is 1. The van der Waals surface area contributed by atoms with Gasteiger partial charge in [0.1, 0.15) is 11.4 Å². The number of phenols is 1. The number of benzene rings is 1. The average Bonchev–Trinajstić information content (AvgIpc) is 2.45. The van der Waals surface area contributed by atoms with E-state index in [1.165, 1.54) is 0 Å². The Morgan fingerprint density at radius 3 is 2.68 bits per heavy atom. The van der Waals surface area contributed by atoms with Gasteiger partial charge in [-0.05, 0) is 39.7 Å². The molecule has 2 unspecified atom stereocenters. The van der Waals surface area contributed by atoms with Crippen LogP contribution in [0.1, 0.15) is 45.3 Å². The number of amides is 1. The number of nitrogens with zero attached hydrogens (tertiary/aromatic N) is 1. The second-order valence-electron chi connectivity index (χ2n) is 6.83. The van der Waals surface area contributed by atoms with Crippen molar-refractivity contribution in [3.8, 4) is 5.75 Å². The first-order chi connectivity index (χ1) is 10.3. The van der Waals surface area contributed by atoms with Crippen LogP contribution in [0.4, 0.5) is 4.79 Å². The summed E-state index contributed by atoms with van der Waals surface area (Å²) >= 11 is 0. The third-order valence-electron chi connectivity index (χ3n) is 3.81. The van der Waals surface area contributed by atoms with Crippen LogP contribution in [0.5, 0.6) is 5.75 Å². The molecule has 1 aromatic carbocycles. The van der Waals surface area contributed by atoms with Gasteiger partial charge in [0.25, 0.3) is 0 Å². The first-order valence-electron chi connectivity index (χ1n) is 7.72. The minimum absolute atomic E-state index is 0.0874. The molecule has 1 fully saturated rings. The highest BCUT2D eigenvalue weighted by Crippen LogP contribution is 2.34. The number of carbonyl (C=O) groups excluding carboxylic acids is 1. The summed E-state index contributed by atoms with van der Waals surface area (Å²) in [5, 5.41) is 20.4. The van der Waals surface area contributed by atoms with Crippen molar-refractivity contribution in [2.75, 3.05) is 13.1 Å². The summed E-state index contributed by atoms with van der Waals surface area (Å²) < 4.78 is 5.39. The number of aliphatic hydroxyl groups is 1. The van der Waals surface area contributed by atoms with Crippen LogP contribution in [-0.2, 0) is 4.74 Å². The number of para-hydroxylation sites is 1. The average molecular weight is 307 g/mol. The summed E-state index contributed by atoms with van der Waals surface area (Å²) in [5.74, 6) is -0.0149. The minimum atomic E-state index is -0.786. The van der Waals surface area contributed by atoms with Gasteiger partial charge in [-0.25, -0.2) is 4.79 Å². The summed E-state index contributed by atoms with van der Waals surface area (Å²) in [4.78, 5) is 13.8. The zero-order chi connectivity index (χ0) is 16.3. The Morgan fingerprint density at radius 1 is 1.36 bits per heavy atom. The quantitative estimate of drug-likeness (QED) is 0.881. The van der Waals surface area contributed by atoms with Crippen LogP contribution >= 0.6 is 0 Å². The molecular formula is C17H25NO4. The number of carbonyl (C=O) groups is 1. The van der Waals surface area contributed by atoms with E-state index in [4.69, 9.17) is 4.74 Å². The van der Waals surface area contributed by atoms with Gasteiger partial charge in [-0.3, -0.25) is 0 Å². The Hall–Kier alpha value is -1.75. The molecule has 5 nitrogen and oxygen atoms in total. The van der Waals surface area contributed by atoms with Gasteiger partial charge in [-0.15, -0.1) is 0 Å². The molecule has 1 aliphatic heterocycles. The fraction of sp³-hybridized carbons (Fsp3) is 0.588. The molecule has 1 aliphatic rings. The SMILES string of the molecule is CC(C)(C)OC(=O)N1CCCC(C(O)c2ccccc2O)C1. The first kappa shape index (κ1) is 16.6. The van der Waals surface area contributed by atoms with E-state index in [0.717, 1.165) is 12.8 Å². The molecule has 1 amide bonds. The van der Waals surface area contributed by atoms with Crippen molar-refractivity contribution in [1.29, 1.82) is 0 Å². The molecule has 22 heavy (non-hydrogen) atoms. The molecule has 0 radical (unpaired) electrons. The molecule has 5 heteroatoms. The van der Waals surface area contributed by atoms with E-state index in [9.17, 15) is 15.0 Å². The van der Waals surface area contributed by atoms with Gasteiger partial charge in [0.15, 0.2) is 0 Å². The van der Waals surface area contributed by atoms with Crippen LogP contribution in [0.25, 0.3) is 0 Å². The van der Waals surface area contributed by atoms with E-state index in [-0.39, 0.29) is 17.8 Å². The van der Waals surface area contributed by atoms with Gasteiger partial charge in [0.05, 0.1) is 6.10 Å². The van der Waals surface area contributed by atoms with Gasteiger partial charge in [0.2, 0.25) is 0 Å². The van der Waals surface area contributed by atoms with Crippen molar-refractivity contribution in [3.05, 3.63) is 29.8 Å². The van der Waals surface area contributed by atoms with E-state index in [1.54, 1.807) is 29.2 Å². The van der Waals surface area contributed by atoms with Crippen LogP contribution in [-0.4, -0.2) is 39.9 Å². The van der Waals surface area contributed by atoms with Crippen LogP contribution in [0.15, 0.2) is 24.3 Å². The number of hydrogen-bond acceptors (Lipinski definition) is 4. The highest BCUT2D eigenvalue weighted by molar-refractivity contribution is 5.68. The number of piperidine rings is 1. The molecule has 0 aliphatic carbocycles. The van der Waals surface area contributed by atoms with E-state index in [2.05, 4.69) is 0 Å². The molecule has 0 saturated carbocycles. The molecule has 2 N–H and O–H groups in total. The Kier molecular flexibility index (Phi) is 4.96. The van der Waals surface area contributed by atoms with Crippen molar-refractivity contribution in [1.82, 2.24) is 4.90 Å². The maximum Gasteiger partial charge on any atom is 0.410 e. The Labute approximate surface area is 131 Å². The number of aliphatic hydroxyl groups excluding tert-OH is 1. The van der Waals surface area contributed by atoms with Gasteiger partial charge >= 0.3 is 6.09 Å². The van der Waals surface area contributed by atoms with E-state index in [0.29, 0.717) is 18.7 Å². The number of likely N-dealkylation sites (tertiary alicyclic amines) is 1. The largest absolute Gasteiger partial charge is 0.508 e. The van der Waals surface area contributed by atoms with Gasteiger partial charge in [-0.1, -0.05) is 18.2 Å². The van der Waals surface area contributed by atoms with Crippen molar-refractivity contribution in [2.45, 2.75) is 45.3 Å². The third-order valence-corrected chi connectivity index (χ3v) is 3.81. The Balaban J connectivity index is 2.04. The molecule has 122 valence electrons. The molecule has 0 spiro atoms. The molecule has 0 aromatic heterocycles. The van der Waals surface area contributed by atoms with E-state index < -0.39 is 11.7 Å². The predicted molar refractivity (Wildman–Crippen MR) is 83.6 cm³/mol. The summed E-state index contributed by atoms with van der Waals surface area (Å²) in [6.45, 7) is 6.58. The highest BCUT2D eigenvalue weighted by atomic mass is 16.6. The van der Waals surface area contributed by atoms with Crippen LogP contribution in [0.2, 0.25) is 0 Å². The fourth-order valence-corrected chi connectivity index (χ4v) is 2.75. The second kappa shape index (κ2) is 6.57.